The molecule has 132 valence electrons. The molecule has 4 aliphatic carbocycles. The fourth-order valence-corrected chi connectivity index (χ4v) is 4.23. The van der Waals surface area contributed by atoms with Crippen molar-refractivity contribution in [1.82, 2.24) is 9.78 Å². The summed E-state index contributed by atoms with van der Waals surface area (Å²) in [7, 11) is 0. The van der Waals surface area contributed by atoms with Gasteiger partial charge >= 0.3 is 12.1 Å². The first-order valence-electron chi connectivity index (χ1n) is 7.82. The monoisotopic (exact) mass is 350 g/mol. The zero-order chi connectivity index (χ0) is 17.4. The molecule has 4 aliphatic rings. The molecule has 2 atom stereocenters. The summed E-state index contributed by atoms with van der Waals surface area (Å²) < 4.78 is 66.6. The Morgan fingerprint density at radius 2 is 1.96 bits per heavy atom. The van der Waals surface area contributed by atoms with Gasteiger partial charge in [0.1, 0.15) is 5.56 Å². The minimum Gasteiger partial charge on any atom is -0.477 e. The smallest absolute Gasteiger partial charge is 0.420 e. The normalized spacial score (nSPS) is 34.0. The van der Waals surface area contributed by atoms with Gasteiger partial charge in [-0.1, -0.05) is 0 Å². The van der Waals surface area contributed by atoms with Gasteiger partial charge in [-0.05, 0) is 37.5 Å². The molecule has 0 spiro atoms. The van der Waals surface area contributed by atoms with Crippen LogP contribution in [0.15, 0.2) is 0 Å². The molecule has 1 N–H and O–H groups in total. The highest BCUT2D eigenvalue weighted by Crippen LogP contribution is 2.66. The van der Waals surface area contributed by atoms with Crippen LogP contribution >= 0.6 is 0 Å². The maximum Gasteiger partial charge on any atom is 0.420 e. The van der Waals surface area contributed by atoms with E-state index in [4.69, 9.17) is 0 Å². The summed E-state index contributed by atoms with van der Waals surface area (Å²) in [5.41, 5.74) is -2.98. The van der Waals surface area contributed by atoms with Gasteiger partial charge in [0.2, 0.25) is 6.43 Å². The zero-order valence-electron chi connectivity index (χ0n) is 12.5. The summed E-state index contributed by atoms with van der Waals surface area (Å²) in [4.78, 5) is 11.5. The maximum atomic E-state index is 13.5. The van der Waals surface area contributed by atoms with Crippen molar-refractivity contribution < 1.29 is 31.9 Å². The molecule has 4 fully saturated rings. The summed E-state index contributed by atoms with van der Waals surface area (Å²) in [6, 6.07) is 0. The van der Waals surface area contributed by atoms with Crippen molar-refractivity contribution >= 4 is 5.97 Å². The number of carbonyl (C=O) groups is 1. The Labute approximate surface area is 133 Å². The van der Waals surface area contributed by atoms with E-state index in [1.165, 1.54) is 0 Å². The molecule has 0 aromatic carbocycles. The van der Waals surface area contributed by atoms with Crippen LogP contribution in [0.25, 0.3) is 0 Å². The Kier molecular flexibility index (Phi) is 3.10. The molecule has 9 heteroatoms. The lowest BCUT2D eigenvalue weighted by atomic mass is 9.43. The molecule has 0 radical (unpaired) electrons. The number of alkyl halides is 5. The summed E-state index contributed by atoms with van der Waals surface area (Å²) in [6.07, 6.45) is -5.42. The number of hydrogen-bond acceptors (Lipinski definition) is 2. The van der Waals surface area contributed by atoms with Gasteiger partial charge in [0.15, 0.2) is 5.69 Å². The van der Waals surface area contributed by atoms with E-state index in [0.717, 1.165) is 4.68 Å². The lowest BCUT2D eigenvalue weighted by Crippen LogP contribution is -2.56. The van der Waals surface area contributed by atoms with Crippen LogP contribution in [-0.4, -0.2) is 27.3 Å². The van der Waals surface area contributed by atoms with Crippen LogP contribution < -0.4 is 0 Å². The number of rotatable bonds is 5. The van der Waals surface area contributed by atoms with Crippen LogP contribution in [0.1, 0.15) is 47.4 Å². The Morgan fingerprint density at radius 1 is 1.33 bits per heavy atom. The minimum absolute atomic E-state index is 0.181. The lowest BCUT2D eigenvalue weighted by molar-refractivity contribution is -0.142. The van der Waals surface area contributed by atoms with Crippen LogP contribution in [0, 0.1) is 17.8 Å². The highest BCUT2D eigenvalue weighted by molar-refractivity contribution is 5.88. The van der Waals surface area contributed by atoms with E-state index in [1.54, 1.807) is 0 Å². The molecule has 0 amide bonds. The maximum absolute atomic E-state index is 13.5. The number of carboxylic acid groups (broad SMARTS) is 1. The molecule has 1 heterocycles. The first-order chi connectivity index (χ1) is 11.1. The highest BCUT2D eigenvalue weighted by atomic mass is 19.4. The second-order valence-electron chi connectivity index (χ2n) is 7.31. The van der Waals surface area contributed by atoms with E-state index < -0.39 is 47.1 Å². The molecule has 0 saturated heterocycles. The van der Waals surface area contributed by atoms with Crippen molar-refractivity contribution in [3.8, 4) is 0 Å². The second-order valence-corrected chi connectivity index (χ2v) is 7.31. The summed E-state index contributed by atoms with van der Waals surface area (Å²) in [5, 5.41) is 13.3. The average molecular weight is 350 g/mol. The first-order valence-corrected chi connectivity index (χ1v) is 7.82. The Morgan fingerprint density at radius 3 is 2.33 bits per heavy atom. The molecule has 5 rings (SSSR count). The summed E-state index contributed by atoms with van der Waals surface area (Å²) >= 11 is 0. The third-order valence-electron chi connectivity index (χ3n) is 5.69. The van der Waals surface area contributed by atoms with Gasteiger partial charge in [-0.2, -0.15) is 18.3 Å². The van der Waals surface area contributed by atoms with Crippen molar-refractivity contribution in [3.63, 3.8) is 0 Å². The van der Waals surface area contributed by atoms with Crippen LogP contribution in [0.3, 0.4) is 0 Å². The van der Waals surface area contributed by atoms with Crippen molar-refractivity contribution in [3.05, 3.63) is 17.0 Å². The molecular formula is C15H15F5N2O2. The molecule has 1 unspecified atom stereocenters. The SMILES string of the molecule is O=C(O)c1c(C(F)(F)F)c(C23CC(C2)C3)nn1CC1C[C@@H]1C(F)F. The third kappa shape index (κ3) is 2.16. The van der Waals surface area contributed by atoms with Crippen molar-refractivity contribution in [2.45, 2.75) is 50.2 Å². The average Bonchev–Trinajstić information content (AvgIpc) is 2.97. The van der Waals surface area contributed by atoms with E-state index in [2.05, 4.69) is 5.10 Å². The quantitative estimate of drug-likeness (QED) is 0.827. The van der Waals surface area contributed by atoms with E-state index >= 15 is 0 Å². The fraction of sp³-hybridized carbons (Fsp3) is 0.733. The zero-order valence-corrected chi connectivity index (χ0v) is 12.5. The lowest BCUT2D eigenvalue weighted by Gasteiger charge is -2.61. The van der Waals surface area contributed by atoms with E-state index in [-0.39, 0.29) is 18.7 Å². The second kappa shape index (κ2) is 4.70. The van der Waals surface area contributed by atoms with Crippen molar-refractivity contribution in [2.75, 3.05) is 0 Å². The van der Waals surface area contributed by atoms with Crippen LogP contribution in [-0.2, 0) is 18.1 Å². The van der Waals surface area contributed by atoms with E-state index in [9.17, 15) is 31.9 Å². The van der Waals surface area contributed by atoms with E-state index in [0.29, 0.717) is 25.2 Å². The number of hydrogen-bond donors (Lipinski definition) is 1. The van der Waals surface area contributed by atoms with E-state index in [1.807, 2.05) is 0 Å². The molecule has 0 aliphatic heterocycles. The Balaban J connectivity index is 1.75. The number of aromatic nitrogens is 2. The largest absolute Gasteiger partial charge is 0.477 e. The Hall–Kier alpha value is -1.67. The van der Waals surface area contributed by atoms with Crippen LogP contribution in [0.5, 0.6) is 0 Å². The predicted molar refractivity (Wildman–Crippen MR) is 70.8 cm³/mol. The summed E-state index contributed by atoms with van der Waals surface area (Å²) in [6.45, 7) is -0.209. The molecule has 1 aromatic heterocycles. The first kappa shape index (κ1) is 15.8. The Bertz CT molecular complexity index is 694. The van der Waals surface area contributed by atoms with Gasteiger partial charge < -0.3 is 5.11 Å². The minimum atomic E-state index is -4.83. The molecule has 4 nitrogen and oxygen atoms in total. The van der Waals surface area contributed by atoms with Gasteiger partial charge in [-0.25, -0.2) is 13.6 Å². The predicted octanol–water partition coefficient (Wildman–Crippen LogP) is 3.55. The molecular weight excluding hydrogens is 335 g/mol. The third-order valence-corrected chi connectivity index (χ3v) is 5.69. The summed E-state index contributed by atoms with van der Waals surface area (Å²) in [5.74, 6) is -2.73. The van der Waals surface area contributed by atoms with Gasteiger partial charge in [-0.15, -0.1) is 0 Å². The van der Waals surface area contributed by atoms with Gasteiger partial charge in [0, 0.05) is 17.9 Å². The molecule has 2 bridgehead atoms. The van der Waals surface area contributed by atoms with Crippen LogP contribution in [0.4, 0.5) is 22.0 Å². The van der Waals surface area contributed by atoms with Crippen molar-refractivity contribution in [1.29, 1.82) is 0 Å². The topological polar surface area (TPSA) is 55.1 Å². The highest BCUT2D eigenvalue weighted by Gasteiger charge is 2.62. The number of carboxylic acids is 1. The van der Waals surface area contributed by atoms with Crippen LogP contribution in [0.2, 0.25) is 0 Å². The van der Waals surface area contributed by atoms with Gasteiger partial charge in [0.05, 0.1) is 5.69 Å². The molecule has 24 heavy (non-hydrogen) atoms. The van der Waals surface area contributed by atoms with Gasteiger partial charge in [-0.3, -0.25) is 4.68 Å². The number of aromatic carboxylic acids is 1. The van der Waals surface area contributed by atoms with Gasteiger partial charge in [0.25, 0.3) is 0 Å². The standard InChI is InChI=1S/C15H15F5N2O2/c16-12(17)8-1-7(8)5-22-10(13(23)24)9(15(18,19)20)11(21-22)14-2-6(3-14)4-14/h6-8,12H,1-5H2,(H,23,24)/t6?,7?,8-,14?/m0/s1. The molecule has 1 aromatic rings. The fourth-order valence-electron chi connectivity index (χ4n) is 4.23. The number of halogens is 5. The van der Waals surface area contributed by atoms with Crippen molar-refractivity contribution in [2.24, 2.45) is 17.8 Å². The molecule has 4 saturated carbocycles. The number of nitrogens with zero attached hydrogens (tertiary/aromatic N) is 2.